The molecule has 1 N–H and O–H groups in total. The van der Waals surface area contributed by atoms with Crippen LogP contribution >= 0.6 is 0 Å². The fraction of sp³-hybridized carbons (Fsp3) is 0.263. The summed E-state index contributed by atoms with van der Waals surface area (Å²) in [7, 11) is 0. The molecule has 0 spiro atoms. The highest BCUT2D eigenvalue weighted by Crippen LogP contribution is 2.19. The summed E-state index contributed by atoms with van der Waals surface area (Å²) in [4.78, 5) is 12.9. The van der Waals surface area contributed by atoms with Crippen LogP contribution in [0.25, 0.3) is 0 Å². The van der Waals surface area contributed by atoms with Gasteiger partial charge in [0.05, 0.1) is 6.04 Å². The molecule has 2 aromatic carbocycles. The molecule has 2 atom stereocenters. The third-order valence-electron chi connectivity index (χ3n) is 4.27. The number of aryl methyl sites for hydroxylation is 1. The van der Waals surface area contributed by atoms with Crippen LogP contribution in [0.1, 0.15) is 35.7 Å². The Bertz CT molecular complexity index is 817. The minimum absolute atomic E-state index is 0.0940. The Balaban J connectivity index is 1.79. The van der Waals surface area contributed by atoms with E-state index in [-0.39, 0.29) is 11.9 Å². The molecule has 1 amide bonds. The van der Waals surface area contributed by atoms with Crippen LogP contribution in [-0.4, -0.2) is 26.1 Å². The van der Waals surface area contributed by atoms with Crippen molar-refractivity contribution in [2.45, 2.75) is 32.4 Å². The summed E-state index contributed by atoms with van der Waals surface area (Å²) in [6.07, 6.45) is 2.00. The zero-order valence-electron chi connectivity index (χ0n) is 14.3. The maximum Gasteiger partial charge on any atom is 0.245 e. The molecule has 25 heavy (non-hydrogen) atoms. The van der Waals surface area contributed by atoms with Gasteiger partial charge in [-0.25, -0.2) is 4.68 Å². The molecule has 0 aliphatic heterocycles. The molecule has 6 nitrogen and oxygen atoms in total. The molecular formula is C19H21N5O. The van der Waals surface area contributed by atoms with Crippen molar-refractivity contribution in [1.29, 1.82) is 0 Å². The Labute approximate surface area is 146 Å². The molecule has 1 aromatic heterocycles. The summed E-state index contributed by atoms with van der Waals surface area (Å²) >= 11 is 0. The van der Waals surface area contributed by atoms with Crippen LogP contribution in [0, 0.1) is 6.92 Å². The number of nitrogens with one attached hydrogen (secondary N) is 1. The first-order chi connectivity index (χ1) is 12.1. The van der Waals surface area contributed by atoms with Crippen LogP contribution < -0.4 is 5.32 Å². The summed E-state index contributed by atoms with van der Waals surface area (Å²) in [6.45, 7) is 4.03. The Morgan fingerprint density at radius 3 is 2.52 bits per heavy atom. The van der Waals surface area contributed by atoms with Crippen LogP contribution in [-0.2, 0) is 11.2 Å². The second-order valence-electron chi connectivity index (χ2n) is 6.08. The van der Waals surface area contributed by atoms with Gasteiger partial charge < -0.3 is 5.32 Å². The zero-order chi connectivity index (χ0) is 17.6. The Morgan fingerprint density at radius 1 is 1.12 bits per heavy atom. The Hall–Kier alpha value is -3.02. The smallest absolute Gasteiger partial charge is 0.245 e. The van der Waals surface area contributed by atoms with Gasteiger partial charge in [0.2, 0.25) is 5.91 Å². The molecule has 0 saturated carbocycles. The minimum Gasteiger partial charge on any atom is -0.348 e. The van der Waals surface area contributed by atoms with Gasteiger partial charge in [-0.1, -0.05) is 54.6 Å². The van der Waals surface area contributed by atoms with Gasteiger partial charge in [0, 0.05) is 6.42 Å². The molecule has 3 rings (SSSR count). The third kappa shape index (κ3) is 4.09. The normalized spacial score (nSPS) is 13.2. The van der Waals surface area contributed by atoms with Crippen LogP contribution in [0.15, 0.2) is 60.9 Å². The lowest BCUT2D eigenvalue weighted by Gasteiger charge is -2.21. The van der Waals surface area contributed by atoms with Gasteiger partial charge in [-0.3, -0.25) is 4.79 Å². The molecule has 6 heteroatoms. The van der Waals surface area contributed by atoms with E-state index in [2.05, 4.69) is 20.8 Å². The first-order valence-electron chi connectivity index (χ1n) is 8.27. The number of rotatable bonds is 6. The molecule has 0 aliphatic rings. The van der Waals surface area contributed by atoms with Crippen molar-refractivity contribution >= 4 is 5.91 Å². The van der Waals surface area contributed by atoms with Crippen molar-refractivity contribution in [1.82, 2.24) is 25.5 Å². The summed E-state index contributed by atoms with van der Waals surface area (Å²) in [6, 6.07) is 17.3. The third-order valence-corrected chi connectivity index (χ3v) is 4.27. The molecule has 128 valence electrons. The molecule has 3 aromatic rings. The van der Waals surface area contributed by atoms with E-state index in [9.17, 15) is 4.79 Å². The number of hydrogen-bond donors (Lipinski definition) is 1. The van der Waals surface area contributed by atoms with E-state index in [1.165, 1.54) is 11.0 Å². The minimum atomic E-state index is -0.496. The molecule has 2 unspecified atom stereocenters. The average Bonchev–Trinajstić information content (AvgIpc) is 3.15. The average molecular weight is 335 g/mol. The number of aromatic nitrogens is 4. The number of carbonyl (C=O) groups is 1. The summed E-state index contributed by atoms with van der Waals surface area (Å²) in [5.41, 5.74) is 3.31. The van der Waals surface area contributed by atoms with E-state index in [0.717, 1.165) is 16.7 Å². The molecule has 0 fully saturated rings. The van der Waals surface area contributed by atoms with Crippen molar-refractivity contribution in [2.24, 2.45) is 0 Å². The van der Waals surface area contributed by atoms with E-state index >= 15 is 0 Å². The highest BCUT2D eigenvalue weighted by molar-refractivity contribution is 5.81. The summed E-state index contributed by atoms with van der Waals surface area (Å²) in [5, 5.41) is 14.4. The second-order valence-corrected chi connectivity index (χ2v) is 6.08. The van der Waals surface area contributed by atoms with Crippen molar-refractivity contribution in [3.8, 4) is 0 Å². The van der Waals surface area contributed by atoms with Gasteiger partial charge in [-0.15, -0.1) is 5.10 Å². The number of amides is 1. The fourth-order valence-electron chi connectivity index (χ4n) is 2.91. The van der Waals surface area contributed by atoms with Gasteiger partial charge >= 0.3 is 0 Å². The Kier molecular flexibility index (Phi) is 5.18. The number of hydrogen-bond acceptors (Lipinski definition) is 4. The number of nitrogens with zero attached hydrogens (tertiary/aromatic N) is 4. The fourth-order valence-corrected chi connectivity index (χ4v) is 2.91. The van der Waals surface area contributed by atoms with Gasteiger partial charge in [-0.2, -0.15) is 0 Å². The van der Waals surface area contributed by atoms with Crippen molar-refractivity contribution in [3.05, 3.63) is 77.6 Å². The van der Waals surface area contributed by atoms with Crippen LogP contribution in [0.5, 0.6) is 0 Å². The topological polar surface area (TPSA) is 72.7 Å². The number of benzene rings is 2. The van der Waals surface area contributed by atoms with E-state index in [1.807, 2.05) is 68.4 Å². The Morgan fingerprint density at radius 2 is 1.84 bits per heavy atom. The van der Waals surface area contributed by atoms with E-state index in [0.29, 0.717) is 6.42 Å². The lowest BCUT2D eigenvalue weighted by molar-refractivity contribution is -0.125. The van der Waals surface area contributed by atoms with Gasteiger partial charge in [-0.05, 0) is 41.0 Å². The maximum atomic E-state index is 12.9. The largest absolute Gasteiger partial charge is 0.348 e. The summed E-state index contributed by atoms with van der Waals surface area (Å²) in [5.74, 6) is -0.105. The highest BCUT2D eigenvalue weighted by Gasteiger charge is 2.24. The van der Waals surface area contributed by atoms with Crippen molar-refractivity contribution in [3.63, 3.8) is 0 Å². The maximum absolute atomic E-state index is 12.9. The van der Waals surface area contributed by atoms with E-state index in [4.69, 9.17) is 0 Å². The predicted molar refractivity (Wildman–Crippen MR) is 94.7 cm³/mol. The van der Waals surface area contributed by atoms with Crippen LogP contribution in [0.4, 0.5) is 0 Å². The summed E-state index contributed by atoms with van der Waals surface area (Å²) < 4.78 is 1.51. The number of carbonyl (C=O) groups excluding carboxylic acids is 1. The van der Waals surface area contributed by atoms with Gasteiger partial charge in [0.1, 0.15) is 12.4 Å². The monoisotopic (exact) mass is 335 g/mol. The molecule has 0 radical (unpaired) electrons. The second kappa shape index (κ2) is 7.70. The van der Waals surface area contributed by atoms with Crippen LogP contribution in [0.2, 0.25) is 0 Å². The first kappa shape index (κ1) is 16.8. The standard InChI is InChI=1S/C19H21N5O/c1-14-8-6-7-11-17(14)15(2)21-19(25)18(24-13-20-22-23-24)12-16-9-4-3-5-10-16/h3-11,13,15,18H,12H2,1-2H3,(H,21,25). The van der Waals surface area contributed by atoms with E-state index < -0.39 is 6.04 Å². The van der Waals surface area contributed by atoms with Crippen molar-refractivity contribution in [2.75, 3.05) is 0 Å². The molecule has 0 saturated heterocycles. The molecular weight excluding hydrogens is 314 g/mol. The quantitative estimate of drug-likeness (QED) is 0.751. The predicted octanol–water partition coefficient (Wildman–Crippen LogP) is 2.64. The van der Waals surface area contributed by atoms with Crippen LogP contribution in [0.3, 0.4) is 0 Å². The van der Waals surface area contributed by atoms with E-state index in [1.54, 1.807) is 0 Å². The highest BCUT2D eigenvalue weighted by atomic mass is 16.2. The molecule has 0 aliphatic carbocycles. The van der Waals surface area contributed by atoms with Gasteiger partial charge in [0.25, 0.3) is 0 Å². The van der Waals surface area contributed by atoms with Gasteiger partial charge in [0.15, 0.2) is 0 Å². The number of tetrazole rings is 1. The molecule has 0 bridgehead atoms. The first-order valence-corrected chi connectivity index (χ1v) is 8.27. The SMILES string of the molecule is Cc1ccccc1C(C)NC(=O)C(Cc1ccccc1)n1cnnn1. The molecule has 1 heterocycles. The zero-order valence-corrected chi connectivity index (χ0v) is 14.3. The lowest BCUT2D eigenvalue weighted by atomic mass is 10.0. The lowest BCUT2D eigenvalue weighted by Crippen LogP contribution is -2.36. The van der Waals surface area contributed by atoms with Crippen molar-refractivity contribution < 1.29 is 4.79 Å².